The molecule has 0 radical (unpaired) electrons. The molecule has 2 aromatic rings. The van der Waals surface area contributed by atoms with Crippen molar-refractivity contribution in [3.8, 4) is 0 Å². The molecule has 0 aliphatic rings. The summed E-state index contributed by atoms with van der Waals surface area (Å²) in [6.07, 6.45) is 0.736. The number of anilines is 1. The van der Waals surface area contributed by atoms with Crippen LogP contribution < -0.4 is 5.32 Å². The van der Waals surface area contributed by atoms with Gasteiger partial charge >= 0.3 is 0 Å². The maximum Gasteiger partial charge on any atom is 0.149 e. The third kappa shape index (κ3) is 2.53. The molecule has 0 aliphatic heterocycles. The highest BCUT2D eigenvalue weighted by molar-refractivity contribution is 5.93. The second-order valence-corrected chi connectivity index (χ2v) is 5.22. The molecule has 0 fully saturated rings. The summed E-state index contributed by atoms with van der Waals surface area (Å²) in [6, 6.07) is 2.99. The van der Waals surface area contributed by atoms with Gasteiger partial charge in [0.2, 0.25) is 0 Å². The predicted molar refractivity (Wildman–Crippen MR) is 74.5 cm³/mol. The molecule has 1 aromatic carbocycles. The average molecular weight is 264 g/mol. The fourth-order valence-corrected chi connectivity index (χ4v) is 2.23. The second kappa shape index (κ2) is 5.11. The molecule has 0 unspecified atom stereocenters. The normalized spacial score (nSPS) is 11.3. The minimum absolute atomic E-state index is 0.102. The van der Waals surface area contributed by atoms with E-state index in [1.807, 2.05) is 0 Å². The number of fused-ring (bicyclic) bond motifs is 1. The fraction of sp³-hybridized carbons (Fsp3) is 0.400. The van der Waals surface area contributed by atoms with Gasteiger partial charge in [0.1, 0.15) is 17.2 Å². The lowest BCUT2D eigenvalue weighted by atomic mass is 10.0. The first-order valence-electron chi connectivity index (χ1n) is 6.40. The number of hydrogen-bond donors (Lipinski definition) is 1. The third-order valence-corrected chi connectivity index (χ3v) is 3.09. The number of rotatable bonds is 3. The van der Waals surface area contributed by atoms with Crippen LogP contribution in [0.5, 0.6) is 0 Å². The van der Waals surface area contributed by atoms with Crippen LogP contribution in [-0.4, -0.2) is 12.0 Å². The molecule has 0 aliphatic carbocycles. The van der Waals surface area contributed by atoms with Crippen LogP contribution in [0.4, 0.5) is 14.5 Å². The molecule has 1 aromatic heterocycles. The molecule has 2 nitrogen and oxygen atoms in total. The van der Waals surface area contributed by atoms with Crippen molar-refractivity contribution in [1.82, 2.24) is 4.98 Å². The van der Waals surface area contributed by atoms with Gasteiger partial charge in [0.25, 0.3) is 0 Å². The van der Waals surface area contributed by atoms with Gasteiger partial charge in [0.15, 0.2) is 0 Å². The summed E-state index contributed by atoms with van der Waals surface area (Å²) in [6.45, 7) is 5.69. The smallest absolute Gasteiger partial charge is 0.149 e. The molecule has 0 amide bonds. The molecule has 0 spiro atoms. The van der Waals surface area contributed by atoms with Gasteiger partial charge in [-0.3, -0.25) is 0 Å². The Morgan fingerprint density at radius 1 is 1.26 bits per heavy atom. The van der Waals surface area contributed by atoms with Gasteiger partial charge in [-0.15, -0.1) is 0 Å². The third-order valence-electron chi connectivity index (χ3n) is 3.09. The Balaban J connectivity index is 2.77. The Morgan fingerprint density at radius 2 is 1.95 bits per heavy atom. The lowest BCUT2D eigenvalue weighted by molar-refractivity contribution is 0.604. The van der Waals surface area contributed by atoms with Crippen molar-refractivity contribution >= 4 is 16.6 Å². The largest absolute Gasteiger partial charge is 0.387 e. The van der Waals surface area contributed by atoms with Gasteiger partial charge < -0.3 is 5.32 Å². The molecule has 0 atom stereocenters. The lowest BCUT2D eigenvalue weighted by Gasteiger charge is -2.13. The molecule has 1 heterocycles. The summed E-state index contributed by atoms with van der Waals surface area (Å²) in [5, 5.41) is 3.16. The van der Waals surface area contributed by atoms with E-state index in [9.17, 15) is 8.78 Å². The fourth-order valence-electron chi connectivity index (χ4n) is 2.23. The lowest BCUT2D eigenvalue weighted by Crippen LogP contribution is -2.03. The van der Waals surface area contributed by atoms with E-state index in [4.69, 9.17) is 0 Å². The zero-order valence-electron chi connectivity index (χ0n) is 11.6. The van der Waals surface area contributed by atoms with E-state index in [-0.39, 0.29) is 10.9 Å². The van der Waals surface area contributed by atoms with E-state index >= 15 is 0 Å². The first kappa shape index (κ1) is 13.7. The summed E-state index contributed by atoms with van der Waals surface area (Å²) in [4.78, 5) is 4.27. The predicted octanol–water partition coefficient (Wildman–Crippen LogP) is 4.06. The first-order chi connectivity index (χ1) is 8.93. The van der Waals surface area contributed by atoms with Crippen LogP contribution in [0.1, 0.15) is 25.1 Å². The Hall–Kier alpha value is -1.71. The quantitative estimate of drug-likeness (QED) is 0.904. The number of halogens is 2. The van der Waals surface area contributed by atoms with Gasteiger partial charge in [-0.05, 0) is 37.0 Å². The Morgan fingerprint density at radius 3 is 2.53 bits per heavy atom. The zero-order chi connectivity index (χ0) is 14.2. The summed E-state index contributed by atoms with van der Waals surface area (Å²) in [7, 11) is 1.70. The average Bonchev–Trinajstić information content (AvgIpc) is 2.34. The Kier molecular flexibility index (Phi) is 3.69. The van der Waals surface area contributed by atoms with E-state index in [0.29, 0.717) is 17.2 Å². The van der Waals surface area contributed by atoms with Crippen LogP contribution in [0, 0.1) is 24.5 Å². The van der Waals surface area contributed by atoms with E-state index in [0.717, 1.165) is 12.1 Å². The highest BCUT2D eigenvalue weighted by Crippen LogP contribution is 2.30. The second-order valence-electron chi connectivity index (χ2n) is 5.22. The maximum atomic E-state index is 14.2. The van der Waals surface area contributed by atoms with E-state index in [1.165, 1.54) is 6.07 Å². The number of pyridine rings is 1. The van der Waals surface area contributed by atoms with Gasteiger partial charge in [-0.25, -0.2) is 13.8 Å². The molecule has 1 N–H and O–H groups in total. The number of nitrogens with one attached hydrogen (secondary N) is 1. The van der Waals surface area contributed by atoms with Gasteiger partial charge in [-0.1, -0.05) is 13.8 Å². The number of benzene rings is 1. The summed E-state index contributed by atoms with van der Waals surface area (Å²) >= 11 is 0. The van der Waals surface area contributed by atoms with E-state index in [1.54, 1.807) is 20.0 Å². The maximum absolute atomic E-state index is 14.2. The van der Waals surface area contributed by atoms with E-state index < -0.39 is 11.6 Å². The van der Waals surface area contributed by atoms with Crippen molar-refractivity contribution in [3.05, 3.63) is 35.0 Å². The monoisotopic (exact) mass is 264 g/mol. The first-order valence-corrected chi connectivity index (χ1v) is 6.40. The van der Waals surface area contributed by atoms with Gasteiger partial charge in [0, 0.05) is 18.4 Å². The minimum Gasteiger partial charge on any atom is -0.387 e. The van der Waals surface area contributed by atoms with Crippen molar-refractivity contribution < 1.29 is 8.78 Å². The van der Waals surface area contributed by atoms with Gasteiger partial charge in [-0.2, -0.15) is 0 Å². The number of nitrogens with zero attached hydrogens (tertiary/aromatic N) is 1. The van der Waals surface area contributed by atoms with Crippen LogP contribution in [0.25, 0.3) is 10.9 Å². The molecule has 0 saturated carbocycles. The molecule has 0 bridgehead atoms. The van der Waals surface area contributed by atoms with Crippen molar-refractivity contribution in [1.29, 1.82) is 0 Å². The summed E-state index contributed by atoms with van der Waals surface area (Å²) in [5.41, 5.74) is 1.75. The summed E-state index contributed by atoms with van der Waals surface area (Å²) < 4.78 is 28.2. The molecule has 2 rings (SSSR count). The van der Waals surface area contributed by atoms with Crippen molar-refractivity contribution in [3.63, 3.8) is 0 Å². The van der Waals surface area contributed by atoms with Crippen LogP contribution >= 0.6 is 0 Å². The van der Waals surface area contributed by atoms with Gasteiger partial charge in [0.05, 0.1) is 5.39 Å². The van der Waals surface area contributed by atoms with Crippen molar-refractivity contribution in [2.75, 3.05) is 12.4 Å². The molecule has 4 heteroatoms. The van der Waals surface area contributed by atoms with E-state index in [2.05, 4.69) is 24.1 Å². The Labute approximate surface area is 111 Å². The SMILES string of the molecule is CNc1cc(CC(C)C)nc2c(F)cc(C)c(F)c12. The van der Waals surface area contributed by atoms with Crippen molar-refractivity contribution in [2.45, 2.75) is 27.2 Å². The number of aromatic nitrogens is 1. The minimum atomic E-state index is -0.476. The molecular weight excluding hydrogens is 246 g/mol. The molecule has 102 valence electrons. The van der Waals surface area contributed by atoms with Crippen molar-refractivity contribution in [2.24, 2.45) is 5.92 Å². The molecule has 0 saturated heterocycles. The highest BCUT2D eigenvalue weighted by atomic mass is 19.1. The summed E-state index contributed by atoms with van der Waals surface area (Å²) in [5.74, 6) is -0.478. The van der Waals surface area contributed by atoms with Crippen LogP contribution in [0.3, 0.4) is 0 Å². The highest BCUT2D eigenvalue weighted by Gasteiger charge is 2.16. The zero-order valence-corrected chi connectivity index (χ0v) is 11.6. The topological polar surface area (TPSA) is 24.9 Å². The Bertz CT molecular complexity index is 621. The molecular formula is C15H18F2N2. The standard InChI is InChI=1S/C15H18F2N2/c1-8(2)5-10-7-12(18-4)13-14(17)9(3)6-11(16)15(13)19-10/h6-8H,5H2,1-4H3,(H,18,19). The van der Waals surface area contributed by atoms with Crippen LogP contribution in [0.15, 0.2) is 12.1 Å². The molecule has 19 heavy (non-hydrogen) atoms. The number of hydrogen-bond acceptors (Lipinski definition) is 2. The van der Waals surface area contributed by atoms with Crippen LogP contribution in [-0.2, 0) is 6.42 Å². The van der Waals surface area contributed by atoms with Crippen LogP contribution in [0.2, 0.25) is 0 Å². The number of aryl methyl sites for hydroxylation is 1.